The molecule has 8 heteroatoms. The molecule has 0 aliphatic carbocycles. The molecule has 0 atom stereocenters. The second-order valence-electron chi connectivity index (χ2n) is 5.55. The van der Waals surface area contributed by atoms with Crippen molar-refractivity contribution in [3.8, 4) is 5.75 Å². The molecule has 0 spiro atoms. The summed E-state index contributed by atoms with van der Waals surface area (Å²) < 4.78 is 5.56. The molecule has 0 heterocycles. The fourth-order valence-corrected chi connectivity index (χ4v) is 2.26. The van der Waals surface area contributed by atoms with Gasteiger partial charge in [0.2, 0.25) is 0 Å². The molecule has 0 aromatic heterocycles. The summed E-state index contributed by atoms with van der Waals surface area (Å²) in [6.45, 7) is 2.77. The van der Waals surface area contributed by atoms with Gasteiger partial charge in [-0.25, -0.2) is 5.43 Å². The molecular weight excluding hydrogens is 389 g/mol. The Morgan fingerprint density at radius 3 is 2.48 bits per heavy atom. The predicted octanol–water partition coefficient (Wildman–Crippen LogP) is 4.26. The van der Waals surface area contributed by atoms with Crippen LogP contribution in [-0.2, 0) is 9.59 Å². The van der Waals surface area contributed by atoms with Crippen LogP contribution in [0.15, 0.2) is 47.6 Å². The van der Waals surface area contributed by atoms with E-state index in [1.807, 2.05) is 12.1 Å². The van der Waals surface area contributed by atoms with Crippen molar-refractivity contribution in [1.29, 1.82) is 0 Å². The molecule has 0 radical (unpaired) electrons. The summed E-state index contributed by atoms with van der Waals surface area (Å²) in [4.78, 5) is 23.6. The lowest BCUT2D eigenvalue weighted by atomic mass is 10.2. The van der Waals surface area contributed by atoms with Gasteiger partial charge in [0.15, 0.2) is 0 Å². The number of amides is 2. The van der Waals surface area contributed by atoms with Gasteiger partial charge in [0.25, 0.3) is 0 Å². The van der Waals surface area contributed by atoms with Crippen molar-refractivity contribution in [2.24, 2.45) is 5.10 Å². The van der Waals surface area contributed by atoms with Crippen LogP contribution in [0.1, 0.15) is 25.3 Å². The molecule has 27 heavy (non-hydrogen) atoms. The minimum Gasteiger partial charge on any atom is -0.494 e. The highest BCUT2D eigenvalue weighted by Gasteiger charge is 2.13. The molecule has 0 saturated carbocycles. The van der Waals surface area contributed by atoms with Gasteiger partial charge in [-0.1, -0.05) is 36.5 Å². The summed E-state index contributed by atoms with van der Waals surface area (Å²) in [5.41, 5.74) is 3.27. The second-order valence-corrected chi connectivity index (χ2v) is 6.37. The van der Waals surface area contributed by atoms with Gasteiger partial charge in [0.05, 0.1) is 22.9 Å². The normalized spacial score (nSPS) is 10.6. The number of carbonyl (C=O) groups is 2. The summed E-state index contributed by atoms with van der Waals surface area (Å²) in [5, 5.41) is 6.80. The molecule has 2 amide bonds. The molecule has 0 aliphatic heterocycles. The summed E-state index contributed by atoms with van der Waals surface area (Å²) in [5.74, 6) is -1.01. The number of benzene rings is 2. The smallest absolute Gasteiger partial charge is 0.329 e. The number of hydrazone groups is 1. The van der Waals surface area contributed by atoms with Crippen LogP contribution in [0, 0.1) is 0 Å². The van der Waals surface area contributed by atoms with Crippen molar-refractivity contribution in [2.75, 3.05) is 11.9 Å². The Labute approximate surface area is 167 Å². The van der Waals surface area contributed by atoms with E-state index in [1.165, 1.54) is 24.4 Å². The molecular formula is C19H19Cl2N3O3. The first kappa shape index (κ1) is 20.7. The minimum atomic E-state index is -0.906. The number of unbranched alkanes of at least 4 members (excludes halogenated alkanes) is 1. The zero-order valence-corrected chi connectivity index (χ0v) is 16.2. The van der Waals surface area contributed by atoms with Gasteiger partial charge < -0.3 is 10.1 Å². The van der Waals surface area contributed by atoms with Crippen molar-refractivity contribution < 1.29 is 14.3 Å². The quantitative estimate of drug-likeness (QED) is 0.311. The molecule has 2 aromatic carbocycles. The van der Waals surface area contributed by atoms with E-state index in [9.17, 15) is 9.59 Å². The topological polar surface area (TPSA) is 79.8 Å². The van der Waals surface area contributed by atoms with Crippen LogP contribution in [0.3, 0.4) is 0 Å². The van der Waals surface area contributed by atoms with E-state index >= 15 is 0 Å². The standard InChI is InChI=1S/C19H19Cl2N3O3/c1-2-3-10-27-15-7-4-13(5-8-15)12-22-24-19(26)18(25)23-14-6-9-16(20)17(21)11-14/h4-9,11-12H,2-3,10H2,1H3,(H,23,25)(H,24,26). The molecule has 142 valence electrons. The highest BCUT2D eigenvalue weighted by atomic mass is 35.5. The maximum atomic E-state index is 11.8. The SMILES string of the molecule is CCCCOc1ccc(C=NNC(=O)C(=O)Nc2ccc(Cl)c(Cl)c2)cc1. The predicted molar refractivity (Wildman–Crippen MR) is 108 cm³/mol. The lowest BCUT2D eigenvalue weighted by Crippen LogP contribution is -2.32. The lowest BCUT2D eigenvalue weighted by molar-refractivity contribution is -0.136. The molecule has 2 N–H and O–H groups in total. The van der Waals surface area contributed by atoms with E-state index in [2.05, 4.69) is 22.8 Å². The van der Waals surface area contributed by atoms with Crippen molar-refractivity contribution in [1.82, 2.24) is 5.43 Å². The first-order valence-electron chi connectivity index (χ1n) is 8.32. The number of anilines is 1. The third-order valence-electron chi connectivity index (χ3n) is 3.41. The van der Waals surface area contributed by atoms with E-state index in [-0.39, 0.29) is 5.02 Å². The maximum Gasteiger partial charge on any atom is 0.329 e. The Bertz CT molecular complexity index is 823. The van der Waals surface area contributed by atoms with E-state index in [0.29, 0.717) is 17.3 Å². The first-order valence-corrected chi connectivity index (χ1v) is 9.07. The van der Waals surface area contributed by atoms with Gasteiger partial charge in [0, 0.05) is 5.69 Å². The molecule has 0 saturated heterocycles. The van der Waals surface area contributed by atoms with Crippen molar-refractivity contribution in [2.45, 2.75) is 19.8 Å². The van der Waals surface area contributed by atoms with E-state index < -0.39 is 11.8 Å². The lowest BCUT2D eigenvalue weighted by Gasteiger charge is -2.05. The van der Waals surface area contributed by atoms with Crippen LogP contribution in [0.5, 0.6) is 5.75 Å². The Kier molecular flexibility index (Phi) is 8.10. The van der Waals surface area contributed by atoms with Gasteiger partial charge in [-0.15, -0.1) is 0 Å². The average Bonchev–Trinajstić information content (AvgIpc) is 2.66. The van der Waals surface area contributed by atoms with Gasteiger partial charge in [-0.3, -0.25) is 9.59 Å². The maximum absolute atomic E-state index is 11.8. The molecule has 0 bridgehead atoms. The van der Waals surface area contributed by atoms with Crippen LogP contribution in [0.4, 0.5) is 5.69 Å². The van der Waals surface area contributed by atoms with E-state index in [0.717, 1.165) is 24.2 Å². The zero-order chi connectivity index (χ0) is 19.6. The van der Waals surface area contributed by atoms with E-state index in [1.54, 1.807) is 12.1 Å². The highest BCUT2D eigenvalue weighted by molar-refractivity contribution is 6.42. The van der Waals surface area contributed by atoms with Gasteiger partial charge >= 0.3 is 11.8 Å². The van der Waals surface area contributed by atoms with Crippen LogP contribution in [0.25, 0.3) is 0 Å². The van der Waals surface area contributed by atoms with Crippen LogP contribution < -0.4 is 15.5 Å². The third-order valence-corrected chi connectivity index (χ3v) is 4.15. The average molecular weight is 408 g/mol. The van der Waals surface area contributed by atoms with Crippen molar-refractivity contribution >= 4 is 46.9 Å². The minimum absolute atomic E-state index is 0.273. The number of carbonyl (C=O) groups excluding carboxylic acids is 2. The van der Waals surface area contributed by atoms with Crippen molar-refractivity contribution in [3.63, 3.8) is 0 Å². The molecule has 6 nitrogen and oxygen atoms in total. The first-order chi connectivity index (χ1) is 13.0. The fraction of sp³-hybridized carbons (Fsp3) is 0.211. The zero-order valence-electron chi connectivity index (χ0n) is 14.7. The molecule has 0 fully saturated rings. The monoisotopic (exact) mass is 407 g/mol. The Morgan fingerprint density at radius 2 is 1.81 bits per heavy atom. The van der Waals surface area contributed by atoms with Crippen LogP contribution in [0.2, 0.25) is 10.0 Å². The summed E-state index contributed by atoms with van der Waals surface area (Å²) in [6, 6.07) is 11.7. The van der Waals surface area contributed by atoms with Gasteiger partial charge in [-0.05, 0) is 54.4 Å². The fourth-order valence-electron chi connectivity index (χ4n) is 1.96. The summed E-state index contributed by atoms with van der Waals surface area (Å²) in [7, 11) is 0. The second kappa shape index (κ2) is 10.5. The summed E-state index contributed by atoms with van der Waals surface area (Å²) >= 11 is 11.7. The molecule has 0 aliphatic rings. The van der Waals surface area contributed by atoms with Gasteiger partial charge in [-0.2, -0.15) is 5.10 Å². The highest BCUT2D eigenvalue weighted by Crippen LogP contribution is 2.24. The molecule has 0 unspecified atom stereocenters. The number of nitrogens with zero attached hydrogens (tertiary/aromatic N) is 1. The number of hydrogen-bond donors (Lipinski definition) is 2. The summed E-state index contributed by atoms with van der Waals surface area (Å²) in [6.07, 6.45) is 3.50. The number of ether oxygens (including phenoxy) is 1. The Hall–Kier alpha value is -2.57. The Balaban J connectivity index is 1.83. The number of hydrogen-bond acceptors (Lipinski definition) is 4. The van der Waals surface area contributed by atoms with Crippen molar-refractivity contribution in [3.05, 3.63) is 58.1 Å². The number of nitrogens with one attached hydrogen (secondary N) is 2. The van der Waals surface area contributed by atoms with Gasteiger partial charge in [0.1, 0.15) is 5.75 Å². The largest absolute Gasteiger partial charge is 0.494 e. The van der Waals surface area contributed by atoms with Crippen LogP contribution in [-0.4, -0.2) is 24.6 Å². The molecule has 2 aromatic rings. The number of rotatable bonds is 7. The number of halogens is 2. The third kappa shape index (κ3) is 6.92. The van der Waals surface area contributed by atoms with Crippen LogP contribution >= 0.6 is 23.2 Å². The Morgan fingerprint density at radius 1 is 1.07 bits per heavy atom. The molecule has 2 rings (SSSR count). The van der Waals surface area contributed by atoms with E-state index in [4.69, 9.17) is 27.9 Å².